The van der Waals surface area contributed by atoms with Gasteiger partial charge in [0.2, 0.25) is 0 Å². The smallest absolute Gasteiger partial charge is 0.348 e. The standard InChI is InChI=1S/C10H13N3O2S/c1-2-3-4-15-10(14)7-5-6-8(11)12-13-9(6)16-7/h5H,2-4H2,1H3,(H3,11,12,13). The molecule has 0 saturated heterocycles. The molecule has 0 radical (unpaired) electrons. The monoisotopic (exact) mass is 239 g/mol. The van der Waals surface area contributed by atoms with E-state index < -0.39 is 0 Å². The number of unbranched alkanes of at least 4 members (excludes halogenated alkanes) is 1. The Hall–Kier alpha value is -1.56. The third kappa shape index (κ3) is 2.01. The second-order valence-corrected chi connectivity index (χ2v) is 4.49. The number of esters is 1. The van der Waals surface area contributed by atoms with Crippen molar-refractivity contribution in [2.75, 3.05) is 12.3 Å². The Labute approximate surface area is 96.6 Å². The number of H-pyrrole nitrogens is 1. The van der Waals surface area contributed by atoms with Gasteiger partial charge in [-0.1, -0.05) is 13.3 Å². The molecule has 3 N–H and O–H groups in total. The fraction of sp³-hybridized carbons (Fsp3) is 0.400. The number of nitrogen functional groups attached to an aromatic ring is 1. The van der Waals surface area contributed by atoms with Crippen LogP contribution in [0.3, 0.4) is 0 Å². The fourth-order valence-corrected chi connectivity index (χ4v) is 2.21. The molecule has 2 aromatic rings. The van der Waals surface area contributed by atoms with Crippen molar-refractivity contribution >= 4 is 33.3 Å². The van der Waals surface area contributed by atoms with Crippen molar-refractivity contribution in [1.29, 1.82) is 0 Å². The molecule has 0 aliphatic carbocycles. The summed E-state index contributed by atoms with van der Waals surface area (Å²) in [5.74, 6) is 0.190. The molecule has 5 nitrogen and oxygen atoms in total. The molecule has 0 aromatic carbocycles. The first-order valence-corrected chi connectivity index (χ1v) is 5.94. The van der Waals surface area contributed by atoms with E-state index in [0.717, 1.165) is 23.1 Å². The molecule has 0 spiro atoms. The quantitative estimate of drug-likeness (QED) is 0.632. The normalized spacial score (nSPS) is 10.8. The van der Waals surface area contributed by atoms with Crippen molar-refractivity contribution in [3.63, 3.8) is 0 Å². The lowest BCUT2D eigenvalue weighted by Crippen LogP contribution is -2.04. The Kier molecular flexibility index (Phi) is 3.09. The molecular weight excluding hydrogens is 226 g/mol. The van der Waals surface area contributed by atoms with Crippen LogP contribution in [0.5, 0.6) is 0 Å². The fourth-order valence-electron chi connectivity index (χ4n) is 1.31. The van der Waals surface area contributed by atoms with Gasteiger partial charge in [-0.15, -0.1) is 11.3 Å². The Morgan fingerprint density at radius 1 is 1.69 bits per heavy atom. The summed E-state index contributed by atoms with van der Waals surface area (Å²) in [4.78, 5) is 12.9. The van der Waals surface area contributed by atoms with Crippen LogP contribution in [0.15, 0.2) is 6.07 Å². The van der Waals surface area contributed by atoms with Crippen molar-refractivity contribution in [1.82, 2.24) is 10.2 Å². The maximum absolute atomic E-state index is 11.6. The number of aromatic amines is 1. The van der Waals surface area contributed by atoms with Crippen LogP contribution in [0, 0.1) is 0 Å². The third-order valence-electron chi connectivity index (χ3n) is 2.21. The predicted molar refractivity (Wildman–Crippen MR) is 63.6 cm³/mol. The minimum Gasteiger partial charge on any atom is -0.462 e. The van der Waals surface area contributed by atoms with Crippen LogP contribution in [0.4, 0.5) is 5.82 Å². The van der Waals surface area contributed by atoms with Crippen LogP contribution in [-0.4, -0.2) is 22.8 Å². The van der Waals surface area contributed by atoms with Crippen LogP contribution in [0.2, 0.25) is 0 Å². The highest BCUT2D eigenvalue weighted by molar-refractivity contribution is 7.20. The Bertz CT molecular complexity index is 503. The van der Waals surface area contributed by atoms with Crippen molar-refractivity contribution in [3.05, 3.63) is 10.9 Å². The summed E-state index contributed by atoms with van der Waals surface area (Å²) in [7, 11) is 0. The molecule has 2 aromatic heterocycles. The van der Waals surface area contributed by atoms with Crippen LogP contribution >= 0.6 is 11.3 Å². The summed E-state index contributed by atoms with van der Waals surface area (Å²) in [6.07, 6.45) is 1.89. The summed E-state index contributed by atoms with van der Waals surface area (Å²) >= 11 is 1.29. The molecule has 0 aliphatic rings. The second-order valence-electron chi connectivity index (χ2n) is 3.46. The Morgan fingerprint density at radius 3 is 3.19 bits per heavy atom. The number of ether oxygens (including phenoxy) is 1. The van der Waals surface area contributed by atoms with E-state index in [0.29, 0.717) is 17.3 Å². The number of hydrogen-bond acceptors (Lipinski definition) is 5. The molecule has 16 heavy (non-hydrogen) atoms. The Balaban J connectivity index is 2.11. The van der Waals surface area contributed by atoms with E-state index in [-0.39, 0.29) is 5.97 Å². The molecule has 0 amide bonds. The number of thiophene rings is 1. The first-order chi connectivity index (χ1) is 7.72. The summed E-state index contributed by atoms with van der Waals surface area (Å²) in [6, 6.07) is 1.72. The minimum atomic E-state index is -0.296. The van der Waals surface area contributed by atoms with Crippen molar-refractivity contribution in [2.24, 2.45) is 0 Å². The number of anilines is 1. The predicted octanol–water partition coefficient (Wildman–Crippen LogP) is 2.16. The number of nitrogens with zero attached hydrogens (tertiary/aromatic N) is 1. The molecule has 0 atom stereocenters. The lowest BCUT2D eigenvalue weighted by Gasteiger charge is -2.00. The topological polar surface area (TPSA) is 81.0 Å². The van der Waals surface area contributed by atoms with E-state index >= 15 is 0 Å². The molecule has 0 unspecified atom stereocenters. The lowest BCUT2D eigenvalue weighted by molar-refractivity contribution is 0.0505. The van der Waals surface area contributed by atoms with Gasteiger partial charge in [0.15, 0.2) is 0 Å². The molecule has 0 saturated carbocycles. The molecule has 2 rings (SSSR count). The maximum Gasteiger partial charge on any atom is 0.348 e. The number of carbonyl (C=O) groups is 1. The zero-order chi connectivity index (χ0) is 11.5. The molecule has 0 fully saturated rings. The zero-order valence-corrected chi connectivity index (χ0v) is 9.76. The largest absolute Gasteiger partial charge is 0.462 e. The van der Waals surface area contributed by atoms with Crippen molar-refractivity contribution < 1.29 is 9.53 Å². The van der Waals surface area contributed by atoms with Gasteiger partial charge in [-0.3, -0.25) is 5.10 Å². The van der Waals surface area contributed by atoms with E-state index in [2.05, 4.69) is 10.2 Å². The van der Waals surface area contributed by atoms with Gasteiger partial charge >= 0.3 is 5.97 Å². The van der Waals surface area contributed by atoms with Gasteiger partial charge in [-0.05, 0) is 12.5 Å². The number of carbonyl (C=O) groups excluding carboxylic acids is 1. The number of fused-ring (bicyclic) bond motifs is 1. The summed E-state index contributed by atoms with van der Waals surface area (Å²) in [5, 5.41) is 7.42. The van der Waals surface area contributed by atoms with Gasteiger partial charge in [0, 0.05) is 0 Å². The highest BCUT2D eigenvalue weighted by Gasteiger charge is 2.14. The number of aromatic nitrogens is 2. The highest BCUT2D eigenvalue weighted by atomic mass is 32.1. The number of nitrogens with two attached hydrogens (primary N) is 1. The summed E-state index contributed by atoms with van der Waals surface area (Å²) in [6.45, 7) is 2.51. The average molecular weight is 239 g/mol. The van der Waals surface area contributed by atoms with Gasteiger partial charge in [0.05, 0.1) is 12.0 Å². The van der Waals surface area contributed by atoms with Crippen LogP contribution in [-0.2, 0) is 4.74 Å². The van der Waals surface area contributed by atoms with E-state index in [9.17, 15) is 4.79 Å². The van der Waals surface area contributed by atoms with Crippen molar-refractivity contribution in [2.45, 2.75) is 19.8 Å². The van der Waals surface area contributed by atoms with Crippen LogP contribution < -0.4 is 5.73 Å². The van der Waals surface area contributed by atoms with Crippen LogP contribution in [0.1, 0.15) is 29.4 Å². The number of hydrogen-bond donors (Lipinski definition) is 2. The number of rotatable bonds is 4. The first kappa shape index (κ1) is 10.9. The van der Waals surface area contributed by atoms with E-state index in [1.165, 1.54) is 11.3 Å². The average Bonchev–Trinajstić information content (AvgIpc) is 2.82. The lowest BCUT2D eigenvalue weighted by atomic mass is 10.3. The molecule has 0 bridgehead atoms. The van der Waals surface area contributed by atoms with Gasteiger partial charge in [-0.25, -0.2) is 4.79 Å². The van der Waals surface area contributed by atoms with Gasteiger partial charge in [0.25, 0.3) is 0 Å². The van der Waals surface area contributed by atoms with E-state index in [4.69, 9.17) is 10.5 Å². The van der Waals surface area contributed by atoms with E-state index in [1.54, 1.807) is 6.07 Å². The third-order valence-corrected chi connectivity index (χ3v) is 3.22. The Morgan fingerprint density at radius 2 is 2.50 bits per heavy atom. The zero-order valence-electron chi connectivity index (χ0n) is 8.95. The molecular formula is C10H13N3O2S. The minimum absolute atomic E-state index is 0.296. The first-order valence-electron chi connectivity index (χ1n) is 5.13. The summed E-state index contributed by atoms with van der Waals surface area (Å²) < 4.78 is 5.10. The highest BCUT2D eigenvalue weighted by Crippen LogP contribution is 2.27. The molecule has 6 heteroatoms. The van der Waals surface area contributed by atoms with E-state index in [1.807, 2.05) is 6.92 Å². The molecule has 86 valence electrons. The van der Waals surface area contributed by atoms with Crippen molar-refractivity contribution in [3.8, 4) is 0 Å². The molecule has 0 aliphatic heterocycles. The van der Waals surface area contributed by atoms with Gasteiger partial charge in [0.1, 0.15) is 15.5 Å². The van der Waals surface area contributed by atoms with Crippen LogP contribution in [0.25, 0.3) is 10.2 Å². The second kappa shape index (κ2) is 4.52. The maximum atomic E-state index is 11.6. The number of nitrogens with one attached hydrogen (secondary N) is 1. The summed E-state index contributed by atoms with van der Waals surface area (Å²) in [5.41, 5.74) is 5.65. The van der Waals surface area contributed by atoms with Gasteiger partial charge in [-0.2, -0.15) is 5.10 Å². The van der Waals surface area contributed by atoms with Gasteiger partial charge < -0.3 is 10.5 Å². The molecule has 2 heterocycles. The SMILES string of the molecule is CCCCOC(=O)c1cc2c(N)[nH]nc2s1.